The van der Waals surface area contributed by atoms with Crippen LogP contribution in [0.4, 0.5) is 13.2 Å². The predicted molar refractivity (Wildman–Crippen MR) is 96.5 cm³/mol. The molecular formula is C18H18F3N3O3S. The van der Waals surface area contributed by atoms with Gasteiger partial charge in [-0.1, -0.05) is 17.8 Å². The van der Waals surface area contributed by atoms with Gasteiger partial charge in [-0.25, -0.2) is 9.48 Å². The Kier molecular flexibility index (Phi) is 5.51. The lowest BCUT2D eigenvalue weighted by molar-refractivity contribution is -0.137. The van der Waals surface area contributed by atoms with E-state index in [4.69, 9.17) is 0 Å². The van der Waals surface area contributed by atoms with Gasteiger partial charge in [0.1, 0.15) is 5.78 Å². The summed E-state index contributed by atoms with van der Waals surface area (Å²) in [6.07, 6.45) is -1.75. The maximum absolute atomic E-state index is 13.1. The van der Waals surface area contributed by atoms with Crippen LogP contribution in [0.15, 0.2) is 28.2 Å². The standard InChI is InChI=1S/C18H18F3N3O3S/c1-23-16(28-2)22-24(17(23)27)9-11-7-12(18(19,20)21)5-6-13(11)15(26)8-14(25)10-3-4-10/h5-7,10H,3-4,8-9H2,1-2H3. The lowest BCUT2D eigenvalue weighted by Crippen LogP contribution is -2.25. The van der Waals surface area contributed by atoms with Gasteiger partial charge in [-0.2, -0.15) is 13.2 Å². The number of rotatable bonds is 7. The molecule has 0 unspecified atom stereocenters. The number of hydrogen-bond acceptors (Lipinski definition) is 5. The number of alkyl halides is 3. The Morgan fingerprint density at radius 1 is 1.29 bits per heavy atom. The smallest absolute Gasteiger partial charge is 0.299 e. The molecule has 1 heterocycles. The minimum atomic E-state index is -4.60. The Balaban J connectivity index is 1.99. The summed E-state index contributed by atoms with van der Waals surface area (Å²) < 4.78 is 41.7. The lowest BCUT2D eigenvalue weighted by atomic mass is 9.96. The monoisotopic (exact) mass is 413 g/mol. The number of benzene rings is 1. The number of carbonyl (C=O) groups is 2. The van der Waals surface area contributed by atoms with E-state index < -0.39 is 23.2 Å². The second-order valence-electron chi connectivity index (χ2n) is 6.70. The summed E-state index contributed by atoms with van der Waals surface area (Å²) >= 11 is 1.22. The SMILES string of the molecule is CSc1nn(Cc2cc(C(F)(F)F)ccc2C(=O)CC(=O)C2CC2)c(=O)n1C. The highest BCUT2D eigenvalue weighted by Crippen LogP contribution is 2.33. The van der Waals surface area contributed by atoms with Crippen LogP contribution in [-0.2, 0) is 24.6 Å². The number of ketones is 2. The van der Waals surface area contributed by atoms with E-state index in [1.165, 1.54) is 23.4 Å². The van der Waals surface area contributed by atoms with Gasteiger partial charge in [0.05, 0.1) is 18.5 Å². The molecule has 10 heteroatoms. The number of halogens is 3. The molecule has 0 N–H and O–H groups in total. The normalized spacial score (nSPS) is 14.3. The Morgan fingerprint density at radius 2 is 1.96 bits per heavy atom. The molecule has 1 fully saturated rings. The third-order valence-electron chi connectivity index (χ3n) is 4.60. The second kappa shape index (κ2) is 7.57. The van der Waals surface area contributed by atoms with Gasteiger partial charge in [0.15, 0.2) is 10.9 Å². The van der Waals surface area contributed by atoms with E-state index in [-0.39, 0.29) is 35.8 Å². The zero-order chi connectivity index (χ0) is 20.6. The minimum Gasteiger partial charge on any atom is -0.299 e. The molecule has 6 nitrogen and oxygen atoms in total. The van der Waals surface area contributed by atoms with Gasteiger partial charge < -0.3 is 0 Å². The van der Waals surface area contributed by atoms with Gasteiger partial charge >= 0.3 is 11.9 Å². The van der Waals surface area contributed by atoms with E-state index in [9.17, 15) is 27.6 Å². The quantitative estimate of drug-likeness (QED) is 0.396. The van der Waals surface area contributed by atoms with Crippen LogP contribution in [0, 0.1) is 5.92 Å². The summed E-state index contributed by atoms with van der Waals surface area (Å²) in [4.78, 5) is 36.8. The molecule has 0 aliphatic heterocycles. The lowest BCUT2D eigenvalue weighted by Gasteiger charge is -2.13. The van der Waals surface area contributed by atoms with Crippen molar-refractivity contribution < 1.29 is 22.8 Å². The molecule has 2 aromatic rings. The Bertz CT molecular complexity index is 990. The fraction of sp³-hybridized carbons (Fsp3) is 0.444. The zero-order valence-electron chi connectivity index (χ0n) is 15.2. The topological polar surface area (TPSA) is 74.0 Å². The van der Waals surface area contributed by atoms with Crippen LogP contribution in [0.3, 0.4) is 0 Å². The number of nitrogens with zero attached hydrogens (tertiary/aromatic N) is 3. The number of thioether (sulfide) groups is 1. The van der Waals surface area contributed by atoms with E-state index in [1.807, 2.05) is 0 Å². The second-order valence-corrected chi connectivity index (χ2v) is 7.47. The van der Waals surface area contributed by atoms with Crippen molar-refractivity contribution in [2.45, 2.75) is 37.1 Å². The van der Waals surface area contributed by atoms with Crippen molar-refractivity contribution in [3.05, 3.63) is 45.4 Å². The molecule has 150 valence electrons. The van der Waals surface area contributed by atoms with E-state index in [0.29, 0.717) is 5.16 Å². The van der Waals surface area contributed by atoms with Gasteiger partial charge in [-0.05, 0) is 36.8 Å². The molecule has 1 aliphatic carbocycles. The summed E-state index contributed by atoms with van der Waals surface area (Å²) in [5, 5.41) is 4.48. The highest BCUT2D eigenvalue weighted by molar-refractivity contribution is 7.98. The summed E-state index contributed by atoms with van der Waals surface area (Å²) in [6, 6.07) is 2.73. The molecule has 0 saturated heterocycles. The van der Waals surface area contributed by atoms with Crippen LogP contribution in [0.2, 0.25) is 0 Å². The molecule has 3 rings (SSSR count). The molecule has 1 aromatic carbocycles. The van der Waals surface area contributed by atoms with Gasteiger partial charge in [0.25, 0.3) is 0 Å². The zero-order valence-corrected chi connectivity index (χ0v) is 16.1. The largest absolute Gasteiger partial charge is 0.416 e. The third-order valence-corrected chi connectivity index (χ3v) is 5.32. The number of aromatic nitrogens is 3. The van der Waals surface area contributed by atoms with Crippen molar-refractivity contribution in [3.8, 4) is 0 Å². The van der Waals surface area contributed by atoms with Crippen LogP contribution in [0.25, 0.3) is 0 Å². The van der Waals surface area contributed by atoms with E-state index >= 15 is 0 Å². The molecule has 28 heavy (non-hydrogen) atoms. The molecular weight excluding hydrogens is 395 g/mol. The Morgan fingerprint density at radius 3 is 2.50 bits per heavy atom. The van der Waals surface area contributed by atoms with Gasteiger partial charge in [-0.15, -0.1) is 5.10 Å². The first kappa shape index (κ1) is 20.4. The maximum atomic E-state index is 13.1. The summed E-state index contributed by atoms with van der Waals surface area (Å²) in [5.41, 5.74) is -1.42. The van der Waals surface area contributed by atoms with Crippen LogP contribution in [0.1, 0.15) is 40.7 Å². The van der Waals surface area contributed by atoms with Gasteiger partial charge in [0.2, 0.25) is 0 Å². The van der Waals surface area contributed by atoms with Crippen LogP contribution in [-0.4, -0.2) is 32.2 Å². The predicted octanol–water partition coefficient (Wildman–Crippen LogP) is 2.92. The van der Waals surface area contributed by atoms with E-state index in [1.54, 1.807) is 6.26 Å². The highest BCUT2D eigenvalue weighted by atomic mass is 32.2. The van der Waals surface area contributed by atoms with Crippen molar-refractivity contribution in [1.82, 2.24) is 14.3 Å². The van der Waals surface area contributed by atoms with E-state index in [2.05, 4.69) is 5.10 Å². The summed E-state index contributed by atoms with van der Waals surface area (Å²) in [6.45, 7) is -0.296. The molecule has 0 radical (unpaired) electrons. The molecule has 0 amide bonds. The Labute approximate surface area is 162 Å². The van der Waals surface area contributed by atoms with Crippen molar-refractivity contribution in [1.29, 1.82) is 0 Å². The first-order chi connectivity index (χ1) is 13.1. The van der Waals surface area contributed by atoms with Crippen molar-refractivity contribution in [3.63, 3.8) is 0 Å². The highest BCUT2D eigenvalue weighted by Gasteiger charge is 2.33. The summed E-state index contributed by atoms with van der Waals surface area (Å²) in [7, 11) is 1.50. The van der Waals surface area contributed by atoms with Gasteiger partial charge in [0, 0.05) is 18.5 Å². The first-order valence-corrected chi connectivity index (χ1v) is 9.78. The van der Waals surface area contributed by atoms with Gasteiger partial charge in [-0.3, -0.25) is 14.2 Å². The number of carbonyl (C=O) groups excluding carboxylic acids is 2. The van der Waals surface area contributed by atoms with Crippen LogP contribution in [0.5, 0.6) is 0 Å². The number of hydrogen-bond donors (Lipinski definition) is 0. The molecule has 1 aromatic heterocycles. The minimum absolute atomic E-state index is 0.00487. The molecule has 0 spiro atoms. The average molecular weight is 413 g/mol. The average Bonchev–Trinajstić information content (AvgIpc) is 3.44. The van der Waals surface area contributed by atoms with E-state index in [0.717, 1.165) is 35.7 Å². The first-order valence-electron chi connectivity index (χ1n) is 8.55. The maximum Gasteiger partial charge on any atom is 0.416 e. The fourth-order valence-electron chi connectivity index (χ4n) is 2.89. The molecule has 1 saturated carbocycles. The van der Waals surface area contributed by atoms with Crippen molar-refractivity contribution >= 4 is 23.3 Å². The Hall–Kier alpha value is -2.36. The fourth-order valence-corrected chi connectivity index (χ4v) is 3.42. The molecule has 0 bridgehead atoms. The van der Waals surface area contributed by atoms with Crippen molar-refractivity contribution in [2.24, 2.45) is 13.0 Å². The summed E-state index contributed by atoms with van der Waals surface area (Å²) in [5.74, 6) is -0.866. The molecule has 1 aliphatic rings. The van der Waals surface area contributed by atoms with Crippen LogP contribution >= 0.6 is 11.8 Å². The molecule has 0 atom stereocenters. The third kappa shape index (κ3) is 4.21. The van der Waals surface area contributed by atoms with Crippen LogP contribution < -0.4 is 5.69 Å². The number of Topliss-reactive ketones (excluding diaryl/α,β-unsaturated/α-hetero) is 2. The van der Waals surface area contributed by atoms with Crippen molar-refractivity contribution in [2.75, 3.05) is 6.26 Å².